The molecule has 0 bridgehead atoms. The zero-order chi connectivity index (χ0) is 21.4. The van der Waals surface area contributed by atoms with Gasteiger partial charge in [0.25, 0.3) is 0 Å². The number of allylic oxidation sites excluding steroid dienone is 1. The third-order valence-corrected chi connectivity index (χ3v) is 9.84. The summed E-state index contributed by atoms with van der Waals surface area (Å²) in [6.45, 7) is 8.99. The van der Waals surface area contributed by atoms with Crippen molar-refractivity contribution in [1.82, 2.24) is 9.78 Å². The molecule has 4 heteroatoms. The van der Waals surface area contributed by atoms with Crippen LogP contribution in [-0.4, -0.2) is 32.2 Å². The third-order valence-electron chi connectivity index (χ3n) is 9.84. The SMILES string of the molecule is Cc1nn(C)c(C)c1C=C1CC2C3CC=C4CC(O)CCC4(C)C3CCC2(C)C1O. The first kappa shape index (κ1) is 20.5. The Kier molecular flexibility index (Phi) is 4.65. The number of rotatable bonds is 1. The fraction of sp³-hybridized carbons (Fsp3) is 0.731. The van der Waals surface area contributed by atoms with Gasteiger partial charge in [-0.3, -0.25) is 4.68 Å². The summed E-state index contributed by atoms with van der Waals surface area (Å²) in [5, 5.41) is 26.3. The van der Waals surface area contributed by atoms with Crippen LogP contribution in [0.1, 0.15) is 75.7 Å². The molecule has 1 aromatic heterocycles. The summed E-state index contributed by atoms with van der Waals surface area (Å²) in [5.74, 6) is 1.87. The van der Waals surface area contributed by atoms with Crippen LogP contribution in [0.2, 0.25) is 0 Å². The Morgan fingerprint density at radius 3 is 2.57 bits per heavy atom. The van der Waals surface area contributed by atoms with E-state index in [-0.39, 0.29) is 23.0 Å². The van der Waals surface area contributed by atoms with Gasteiger partial charge >= 0.3 is 0 Å². The van der Waals surface area contributed by atoms with Crippen molar-refractivity contribution < 1.29 is 10.2 Å². The highest BCUT2D eigenvalue weighted by molar-refractivity contribution is 5.59. The van der Waals surface area contributed by atoms with Crippen LogP contribution in [0.4, 0.5) is 0 Å². The van der Waals surface area contributed by atoms with Crippen LogP contribution < -0.4 is 0 Å². The van der Waals surface area contributed by atoms with Gasteiger partial charge in [0, 0.05) is 23.7 Å². The second-order valence-corrected chi connectivity index (χ2v) is 11.2. The molecule has 2 N–H and O–H groups in total. The second kappa shape index (κ2) is 6.80. The second-order valence-electron chi connectivity index (χ2n) is 11.2. The van der Waals surface area contributed by atoms with E-state index >= 15 is 0 Å². The van der Waals surface area contributed by atoms with Gasteiger partial charge in [-0.05, 0) is 93.6 Å². The molecule has 0 aliphatic heterocycles. The lowest BCUT2D eigenvalue weighted by molar-refractivity contribution is -0.0685. The molecule has 0 aromatic carbocycles. The summed E-state index contributed by atoms with van der Waals surface area (Å²) in [5.41, 5.74) is 6.35. The molecule has 5 rings (SSSR count). The molecule has 1 heterocycles. The smallest absolute Gasteiger partial charge is 0.0809 e. The van der Waals surface area contributed by atoms with E-state index in [1.54, 1.807) is 0 Å². The summed E-state index contributed by atoms with van der Waals surface area (Å²) in [4.78, 5) is 0. The molecule has 0 amide bonds. The maximum atomic E-state index is 11.5. The highest BCUT2D eigenvalue weighted by atomic mass is 16.3. The molecule has 164 valence electrons. The summed E-state index contributed by atoms with van der Waals surface area (Å²) >= 11 is 0. The molecule has 0 radical (unpaired) electrons. The average Bonchev–Trinajstić information content (AvgIpc) is 3.10. The first-order chi connectivity index (χ1) is 14.1. The minimum Gasteiger partial charge on any atom is -0.393 e. The predicted octanol–water partition coefficient (Wildman–Crippen LogP) is 4.71. The van der Waals surface area contributed by atoms with Gasteiger partial charge in [0.15, 0.2) is 0 Å². The Hall–Kier alpha value is -1.39. The van der Waals surface area contributed by atoms with Crippen molar-refractivity contribution in [1.29, 1.82) is 0 Å². The van der Waals surface area contributed by atoms with Crippen molar-refractivity contribution in [3.63, 3.8) is 0 Å². The number of aromatic nitrogens is 2. The van der Waals surface area contributed by atoms with Crippen LogP contribution in [-0.2, 0) is 7.05 Å². The van der Waals surface area contributed by atoms with Gasteiger partial charge in [0.1, 0.15) is 0 Å². The Morgan fingerprint density at radius 2 is 1.87 bits per heavy atom. The van der Waals surface area contributed by atoms with Crippen LogP contribution in [0.15, 0.2) is 17.2 Å². The minimum atomic E-state index is -0.353. The molecule has 30 heavy (non-hydrogen) atoms. The highest BCUT2D eigenvalue weighted by Gasteiger charge is 2.59. The molecular formula is C26H38N2O2. The van der Waals surface area contributed by atoms with E-state index in [1.807, 2.05) is 11.7 Å². The Balaban J connectivity index is 1.49. The maximum absolute atomic E-state index is 11.5. The first-order valence-corrected chi connectivity index (χ1v) is 11.9. The lowest BCUT2D eigenvalue weighted by atomic mass is 9.48. The quantitative estimate of drug-likeness (QED) is 0.659. The molecule has 0 spiro atoms. The van der Waals surface area contributed by atoms with E-state index in [4.69, 9.17) is 0 Å². The molecule has 4 aliphatic rings. The van der Waals surface area contributed by atoms with Gasteiger partial charge in [-0.25, -0.2) is 0 Å². The zero-order valence-corrected chi connectivity index (χ0v) is 19.3. The molecule has 7 atom stereocenters. The van der Waals surface area contributed by atoms with Gasteiger partial charge in [-0.2, -0.15) is 5.10 Å². The molecule has 4 aliphatic carbocycles. The number of hydrogen-bond donors (Lipinski definition) is 2. The summed E-state index contributed by atoms with van der Waals surface area (Å²) in [6, 6.07) is 0. The van der Waals surface area contributed by atoms with Gasteiger partial charge in [0.2, 0.25) is 0 Å². The van der Waals surface area contributed by atoms with Crippen molar-refractivity contribution in [2.24, 2.45) is 35.6 Å². The zero-order valence-electron chi connectivity index (χ0n) is 19.3. The standard InChI is InChI=1S/C26H38N2O2/c1-15-21(16(2)28(5)27-15)12-17-13-23-20-7-6-18-14-19(29)8-10-25(18,3)22(20)9-11-26(23,4)24(17)30/h6,12,19-20,22-24,29-30H,7-11,13-14H2,1-5H3. The summed E-state index contributed by atoms with van der Waals surface area (Å²) in [6.07, 6.45) is 11.6. The van der Waals surface area contributed by atoms with E-state index in [9.17, 15) is 10.2 Å². The lowest BCUT2D eigenvalue weighted by Crippen LogP contribution is -2.51. The fourth-order valence-corrected chi connectivity index (χ4v) is 7.82. The molecule has 4 nitrogen and oxygen atoms in total. The van der Waals surface area contributed by atoms with Crippen molar-refractivity contribution in [2.75, 3.05) is 0 Å². The van der Waals surface area contributed by atoms with Gasteiger partial charge < -0.3 is 10.2 Å². The maximum Gasteiger partial charge on any atom is 0.0809 e. The van der Waals surface area contributed by atoms with E-state index in [1.165, 1.54) is 28.8 Å². The fourth-order valence-electron chi connectivity index (χ4n) is 7.82. The van der Waals surface area contributed by atoms with Crippen LogP contribution in [0, 0.1) is 42.4 Å². The monoisotopic (exact) mass is 410 g/mol. The largest absolute Gasteiger partial charge is 0.393 e. The third kappa shape index (κ3) is 2.75. The van der Waals surface area contributed by atoms with E-state index in [0.717, 1.165) is 44.2 Å². The molecule has 3 saturated carbocycles. The van der Waals surface area contributed by atoms with E-state index < -0.39 is 0 Å². The number of fused-ring (bicyclic) bond motifs is 5. The molecule has 0 saturated heterocycles. The minimum absolute atomic E-state index is 0.0209. The van der Waals surface area contributed by atoms with Gasteiger partial charge in [0.05, 0.1) is 17.9 Å². The van der Waals surface area contributed by atoms with Gasteiger partial charge in [-0.1, -0.05) is 25.5 Å². The summed E-state index contributed by atoms with van der Waals surface area (Å²) < 4.78 is 1.94. The number of aliphatic hydroxyl groups excluding tert-OH is 2. The Labute approximate surface area is 181 Å². The van der Waals surface area contributed by atoms with Gasteiger partial charge in [-0.15, -0.1) is 0 Å². The topological polar surface area (TPSA) is 58.3 Å². The molecule has 3 fully saturated rings. The van der Waals surface area contributed by atoms with Crippen LogP contribution >= 0.6 is 0 Å². The number of aryl methyl sites for hydroxylation is 2. The summed E-state index contributed by atoms with van der Waals surface area (Å²) in [7, 11) is 1.99. The molecule has 1 aromatic rings. The first-order valence-electron chi connectivity index (χ1n) is 11.9. The van der Waals surface area contributed by atoms with Crippen molar-refractivity contribution >= 4 is 6.08 Å². The number of aliphatic hydroxyl groups is 2. The number of hydrogen-bond acceptors (Lipinski definition) is 3. The van der Waals surface area contributed by atoms with E-state index in [2.05, 4.69) is 44.9 Å². The molecular weight excluding hydrogens is 372 g/mol. The lowest BCUT2D eigenvalue weighted by Gasteiger charge is -2.57. The average molecular weight is 411 g/mol. The Morgan fingerprint density at radius 1 is 1.10 bits per heavy atom. The van der Waals surface area contributed by atoms with Crippen LogP contribution in [0.5, 0.6) is 0 Å². The number of nitrogens with zero attached hydrogens (tertiary/aromatic N) is 2. The Bertz CT molecular complexity index is 928. The van der Waals surface area contributed by atoms with Crippen LogP contribution in [0.25, 0.3) is 6.08 Å². The highest BCUT2D eigenvalue weighted by Crippen LogP contribution is 2.65. The van der Waals surface area contributed by atoms with Crippen molar-refractivity contribution in [3.05, 3.63) is 34.2 Å². The van der Waals surface area contributed by atoms with Crippen molar-refractivity contribution in [2.45, 2.75) is 84.8 Å². The van der Waals surface area contributed by atoms with Crippen LogP contribution in [0.3, 0.4) is 0 Å². The van der Waals surface area contributed by atoms with Crippen molar-refractivity contribution in [3.8, 4) is 0 Å². The normalized spacial score (nSPS) is 44.4. The van der Waals surface area contributed by atoms with E-state index in [0.29, 0.717) is 17.8 Å². The predicted molar refractivity (Wildman–Crippen MR) is 120 cm³/mol. The molecule has 7 unspecified atom stereocenters.